The predicted molar refractivity (Wildman–Crippen MR) is 81.8 cm³/mol. The topological polar surface area (TPSA) is 50.4 Å². The lowest BCUT2D eigenvalue weighted by Crippen LogP contribution is -2.20. The van der Waals surface area contributed by atoms with Crippen LogP contribution in [-0.2, 0) is 0 Å². The number of urea groups is 1. The van der Waals surface area contributed by atoms with E-state index in [0.29, 0.717) is 22.1 Å². The Morgan fingerprint density at radius 1 is 1.05 bits per heavy atom. The molecule has 0 fully saturated rings. The quantitative estimate of drug-likeness (QED) is 0.885. The standard InChI is InChI=1S/C15H15ClN2O2/c1-10-11(16)6-5-8-12(10)17-15(19)18-13-7-3-4-9-14(13)20-2/h3-9H,1-2H3,(H2,17,18,19). The Morgan fingerprint density at radius 3 is 2.45 bits per heavy atom. The second-order valence-electron chi connectivity index (χ2n) is 4.19. The van der Waals surface area contributed by atoms with Crippen LogP contribution in [0.2, 0.25) is 5.02 Å². The highest BCUT2D eigenvalue weighted by Gasteiger charge is 2.09. The van der Waals surface area contributed by atoms with E-state index in [9.17, 15) is 4.79 Å². The van der Waals surface area contributed by atoms with Crippen LogP contribution in [0.1, 0.15) is 5.56 Å². The summed E-state index contributed by atoms with van der Waals surface area (Å²) < 4.78 is 5.18. The molecule has 0 aromatic heterocycles. The summed E-state index contributed by atoms with van der Waals surface area (Å²) in [6, 6.07) is 12.2. The van der Waals surface area contributed by atoms with Gasteiger partial charge in [0, 0.05) is 10.7 Å². The van der Waals surface area contributed by atoms with Crippen molar-refractivity contribution in [2.45, 2.75) is 6.92 Å². The van der Waals surface area contributed by atoms with Crippen LogP contribution in [0.15, 0.2) is 42.5 Å². The molecule has 20 heavy (non-hydrogen) atoms. The summed E-state index contributed by atoms with van der Waals surface area (Å²) in [5.74, 6) is 0.602. The first kappa shape index (κ1) is 14.2. The number of carbonyl (C=O) groups excluding carboxylic acids is 1. The molecule has 0 unspecified atom stereocenters. The van der Waals surface area contributed by atoms with E-state index >= 15 is 0 Å². The van der Waals surface area contributed by atoms with Gasteiger partial charge in [-0.15, -0.1) is 0 Å². The predicted octanol–water partition coefficient (Wildman–Crippen LogP) is 4.30. The van der Waals surface area contributed by atoms with Gasteiger partial charge in [0.1, 0.15) is 5.75 Å². The summed E-state index contributed by atoms with van der Waals surface area (Å²) in [6.45, 7) is 1.85. The van der Waals surface area contributed by atoms with Crippen molar-refractivity contribution < 1.29 is 9.53 Å². The van der Waals surface area contributed by atoms with Gasteiger partial charge in [-0.25, -0.2) is 4.79 Å². The Balaban J connectivity index is 2.11. The molecule has 2 rings (SSSR count). The number of hydrogen-bond donors (Lipinski definition) is 2. The van der Waals surface area contributed by atoms with Gasteiger partial charge in [-0.05, 0) is 36.8 Å². The summed E-state index contributed by atoms with van der Waals surface area (Å²) in [6.07, 6.45) is 0. The first-order valence-electron chi connectivity index (χ1n) is 6.08. The number of benzene rings is 2. The molecule has 0 bridgehead atoms. The number of rotatable bonds is 3. The van der Waals surface area contributed by atoms with Crippen LogP contribution < -0.4 is 15.4 Å². The van der Waals surface area contributed by atoms with E-state index in [1.54, 1.807) is 37.4 Å². The van der Waals surface area contributed by atoms with Gasteiger partial charge in [0.25, 0.3) is 0 Å². The highest BCUT2D eigenvalue weighted by Crippen LogP contribution is 2.25. The molecule has 0 spiro atoms. The summed E-state index contributed by atoms with van der Waals surface area (Å²) >= 11 is 6.01. The van der Waals surface area contributed by atoms with E-state index in [4.69, 9.17) is 16.3 Å². The molecule has 5 heteroatoms. The van der Waals surface area contributed by atoms with Crippen molar-refractivity contribution >= 4 is 29.0 Å². The van der Waals surface area contributed by atoms with Crippen LogP contribution in [0.3, 0.4) is 0 Å². The number of amides is 2. The fraction of sp³-hybridized carbons (Fsp3) is 0.133. The molecule has 104 valence electrons. The van der Waals surface area contributed by atoms with Crippen LogP contribution in [0.5, 0.6) is 5.75 Å². The lowest BCUT2D eigenvalue weighted by atomic mass is 10.2. The number of nitrogens with one attached hydrogen (secondary N) is 2. The van der Waals surface area contributed by atoms with Crippen molar-refractivity contribution in [1.82, 2.24) is 0 Å². The van der Waals surface area contributed by atoms with Crippen molar-refractivity contribution in [1.29, 1.82) is 0 Å². The molecule has 0 atom stereocenters. The third kappa shape index (κ3) is 3.22. The average molecular weight is 291 g/mol. The molecule has 4 nitrogen and oxygen atoms in total. The largest absolute Gasteiger partial charge is 0.495 e. The van der Waals surface area contributed by atoms with Crippen LogP contribution in [0, 0.1) is 6.92 Å². The second-order valence-corrected chi connectivity index (χ2v) is 4.60. The normalized spacial score (nSPS) is 9.95. The number of hydrogen-bond acceptors (Lipinski definition) is 2. The molecule has 0 aliphatic heterocycles. The molecule has 2 aromatic carbocycles. The van der Waals surface area contributed by atoms with Gasteiger partial charge < -0.3 is 15.4 Å². The van der Waals surface area contributed by atoms with Gasteiger partial charge in [0.2, 0.25) is 0 Å². The van der Waals surface area contributed by atoms with Gasteiger partial charge in [0.05, 0.1) is 12.8 Å². The Bertz CT molecular complexity index is 629. The summed E-state index contributed by atoms with van der Waals surface area (Å²) in [5, 5.41) is 6.11. The maximum Gasteiger partial charge on any atom is 0.323 e. The highest BCUT2D eigenvalue weighted by molar-refractivity contribution is 6.31. The average Bonchev–Trinajstić information content (AvgIpc) is 2.44. The molecule has 0 radical (unpaired) electrons. The van der Waals surface area contributed by atoms with E-state index in [1.807, 2.05) is 19.1 Å². The maximum absolute atomic E-state index is 12.0. The molecule has 2 N–H and O–H groups in total. The van der Waals surface area contributed by atoms with Crippen LogP contribution in [0.25, 0.3) is 0 Å². The SMILES string of the molecule is COc1ccccc1NC(=O)Nc1cccc(Cl)c1C. The zero-order chi connectivity index (χ0) is 14.5. The molecule has 0 saturated heterocycles. The van der Waals surface area contributed by atoms with Gasteiger partial charge in [-0.2, -0.15) is 0 Å². The van der Waals surface area contributed by atoms with E-state index in [-0.39, 0.29) is 6.03 Å². The summed E-state index contributed by atoms with van der Waals surface area (Å²) in [4.78, 5) is 12.0. The number of halogens is 1. The van der Waals surface area contributed by atoms with Crippen LogP contribution in [-0.4, -0.2) is 13.1 Å². The molecule has 2 aromatic rings. The fourth-order valence-electron chi connectivity index (χ4n) is 1.77. The molecular formula is C15H15ClN2O2. The third-order valence-electron chi connectivity index (χ3n) is 2.87. The van der Waals surface area contributed by atoms with Crippen molar-refractivity contribution in [3.63, 3.8) is 0 Å². The zero-order valence-electron chi connectivity index (χ0n) is 11.2. The third-order valence-corrected chi connectivity index (χ3v) is 3.28. The molecule has 2 amide bonds. The monoisotopic (exact) mass is 290 g/mol. The van der Waals surface area contributed by atoms with Crippen molar-refractivity contribution in [2.24, 2.45) is 0 Å². The molecular weight excluding hydrogens is 276 g/mol. The minimum absolute atomic E-state index is 0.347. The first-order valence-corrected chi connectivity index (χ1v) is 6.45. The Morgan fingerprint density at radius 2 is 1.70 bits per heavy atom. The number of methoxy groups -OCH3 is 1. The molecule has 0 aliphatic carbocycles. The first-order chi connectivity index (χ1) is 9.61. The minimum Gasteiger partial charge on any atom is -0.495 e. The maximum atomic E-state index is 12.0. The Kier molecular flexibility index (Phi) is 4.48. The van der Waals surface area contributed by atoms with Crippen LogP contribution in [0.4, 0.5) is 16.2 Å². The molecule has 0 heterocycles. The van der Waals surface area contributed by atoms with Crippen molar-refractivity contribution in [3.05, 3.63) is 53.1 Å². The van der Waals surface area contributed by atoms with Crippen molar-refractivity contribution in [3.8, 4) is 5.75 Å². The lowest BCUT2D eigenvalue weighted by Gasteiger charge is -2.12. The van der Waals surface area contributed by atoms with Gasteiger partial charge in [-0.1, -0.05) is 29.8 Å². The number of ether oxygens (including phenoxy) is 1. The van der Waals surface area contributed by atoms with Crippen LogP contribution >= 0.6 is 11.6 Å². The Hall–Kier alpha value is -2.20. The van der Waals surface area contributed by atoms with Gasteiger partial charge in [0.15, 0.2) is 0 Å². The van der Waals surface area contributed by atoms with Gasteiger partial charge >= 0.3 is 6.03 Å². The second kappa shape index (κ2) is 6.30. The molecule has 0 aliphatic rings. The number of para-hydroxylation sites is 2. The van der Waals surface area contributed by atoms with E-state index < -0.39 is 0 Å². The van der Waals surface area contributed by atoms with E-state index in [1.165, 1.54) is 0 Å². The zero-order valence-corrected chi connectivity index (χ0v) is 12.0. The lowest BCUT2D eigenvalue weighted by molar-refractivity contribution is 0.262. The van der Waals surface area contributed by atoms with Crippen molar-refractivity contribution in [2.75, 3.05) is 17.7 Å². The summed E-state index contributed by atoms with van der Waals surface area (Å²) in [7, 11) is 1.56. The van der Waals surface area contributed by atoms with E-state index in [2.05, 4.69) is 10.6 Å². The minimum atomic E-state index is -0.347. The van der Waals surface area contributed by atoms with E-state index in [0.717, 1.165) is 5.56 Å². The Labute approximate surface area is 122 Å². The number of carbonyl (C=O) groups is 1. The summed E-state index contributed by atoms with van der Waals surface area (Å²) in [5.41, 5.74) is 2.10. The fourth-order valence-corrected chi connectivity index (χ4v) is 1.94. The van der Waals surface area contributed by atoms with Gasteiger partial charge in [-0.3, -0.25) is 0 Å². The number of anilines is 2. The smallest absolute Gasteiger partial charge is 0.323 e. The molecule has 0 saturated carbocycles. The highest BCUT2D eigenvalue weighted by atomic mass is 35.5.